The van der Waals surface area contributed by atoms with Crippen molar-refractivity contribution in [3.8, 4) is 0 Å². The van der Waals surface area contributed by atoms with E-state index in [1.54, 1.807) is 0 Å². The van der Waals surface area contributed by atoms with Gasteiger partial charge in [0.2, 0.25) is 0 Å². The average Bonchev–Trinajstić information content (AvgIpc) is 3.01. The molecule has 0 bridgehead atoms. The molecule has 0 spiro atoms. The van der Waals surface area contributed by atoms with Crippen LogP contribution in [0.25, 0.3) is 0 Å². The van der Waals surface area contributed by atoms with Crippen LogP contribution in [0.1, 0.15) is 46.3 Å². The van der Waals surface area contributed by atoms with E-state index in [1.165, 1.54) is 23.3 Å². The number of halogens is 1. The summed E-state index contributed by atoms with van der Waals surface area (Å²) >= 11 is 0. The number of aryl methyl sites for hydroxylation is 1. The maximum Gasteiger partial charge on any atom is 0.162 e. The third-order valence-electron chi connectivity index (χ3n) is 6.31. The number of rotatable bonds is 7. The van der Waals surface area contributed by atoms with Crippen molar-refractivity contribution in [2.45, 2.75) is 38.8 Å². The highest BCUT2D eigenvalue weighted by Gasteiger charge is 2.17. The van der Waals surface area contributed by atoms with Crippen LogP contribution in [0.2, 0.25) is 0 Å². The van der Waals surface area contributed by atoms with Crippen LogP contribution in [0.5, 0.6) is 0 Å². The molecule has 5 heteroatoms. The summed E-state index contributed by atoms with van der Waals surface area (Å²) in [5, 5.41) is 3.44. The van der Waals surface area contributed by atoms with Crippen molar-refractivity contribution in [1.82, 2.24) is 15.1 Å². The summed E-state index contributed by atoms with van der Waals surface area (Å²) in [6.45, 7) is 7.86. The summed E-state index contributed by atoms with van der Waals surface area (Å²) in [4.78, 5) is 17.5. The first-order chi connectivity index (χ1) is 14.7. The van der Waals surface area contributed by atoms with Gasteiger partial charge < -0.3 is 10.2 Å². The second-order valence-electron chi connectivity index (χ2n) is 8.53. The highest BCUT2D eigenvalue weighted by atomic mass is 19.1. The third-order valence-corrected chi connectivity index (χ3v) is 6.31. The number of piperazine rings is 1. The van der Waals surface area contributed by atoms with Gasteiger partial charge in [0.05, 0.1) is 0 Å². The summed E-state index contributed by atoms with van der Waals surface area (Å²) in [5.74, 6) is 0.0812. The van der Waals surface area contributed by atoms with E-state index in [9.17, 15) is 9.18 Å². The lowest BCUT2D eigenvalue weighted by Crippen LogP contribution is -2.46. The first-order valence-corrected chi connectivity index (χ1v) is 11.2. The normalized spacial score (nSPS) is 18.0. The molecule has 1 N–H and O–H groups in total. The van der Waals surface area contributed by atoms with E-state index in [4.69, 9.17) is 0 Å². The zero-order valence-electron chi connectivity index (χ0n) is 17.7. The van der Waals surface area contributed by atoms with Gasteiger partial charge in [-0.1, -0.05) is 24.3 Å². The molecule has 4 rings (SSSR count). The van der Waals surface area contributed by atoms with Gasteiger partial charge in [0.1, 0.15) is 5.82 Å². The lowest BCUT2D eigenvalue weighted by atomic mass is 9.98. The van der Waals surface area contributed by atoms with Crippen molar-refractivity contribution in [2.24, 2.45) is 0 Å². The molecule has 2 aliphatic heterocycles. The molecule has 4 nitrogen and oxygen atoms in total. The molecule has 0 amide bonds. The second-order valence-corrected chi connectivity index (χ2v) is 8.53. The summed E-state index contributed by atoms with van der Waals surface area (Å²) in [6.07, 6.45) is 3.79. The Balaban J connectivity index is 1.18. The van der Waals surface area contributed by atoms with Gasteiger partial charge in [0.25, 0.3) is 0 Å². The van der Waals surface area contributed by atoms with Crippen LogP contribution in [-0.4, -0.2) is 54.9 Å². The zero-order valence-corrected chi connectivity index (χ0v) is 17.7. The molecule has 2 heterocycles. The molecule has 2 aromatic rings. The number of hydrogen-bond donors (Lipinski definition) is 1. The molecule has 0 aliphatic carbocycles. The molecule has 0 radical (unpaired) electrons. The molecule has 30 heavy (non-hydrogen) atoms. The van der Waals surface area contributed by atoms with E-state index < -0.39 is 0 Å². The van der Waals surface area contributed by atoms with Gasteiger partial charge in [-0.15, -0.1) is 0 Å². The molecule has 0 unspecified atom stereocenters. The van der Waals surface area contributed by atoms with Crippen LogP contribution in [0.4, 0.5) is 4.39 Å². The maximum atomic E-state index is 13.0. The number of hydrogen-bond acceptors (Lipinski definition) is 4. The first-order valence-electron chi connectivity index (χ1n) is 11.2. The predicted molar refractivity (Wildman–Crippen MR) is 118 cm³/mol. The predicted octanol–water partition coefficient (Wildman–Crippen LogP) is 3.64. The Morgan fingerprint density at radius 1 is 0.967 bits per heavy atom. The number of carbonyl (C=O) groups excluding carboxylic acids is 1. The van der Waals surface area contributed by atoms with Gasteiger partial charge in [-0.2, -0.15) is 0 Å². The van der Waals surface area contributed by atoms with Crippen LogP contribution in [0.15, 0.2) is 42.5 Å². The fraction of sp³-hybridized carbons (Fsp3) is 0.480. The van der Waals surface area contributed by atoms with Gasteiger partial charge in [-0.25, -0.2) is 4.39 Å². The highest BCUT2D eigenvalue weighted by Crippen LogP contribution is 2.18. The van der Waals surface area contributed by atoms with E-state index in [0.29, 0.717) is 6.42 Å². The number of benzene rings is 2. The van der Waals surface area contributed by atoms with E-state index >= 15 is 0 Å². The standard InChI is InChI=1S/C25H32FN3O/c26-24-9-5-20(6-10-24)19-29-15-13-28(14-16-29)12-2-4-25(30)22-8-7-21-3-1-11-27-18-23(21)17-22/h5-10,17,27H,1-4,11-16,18-19H2. The summed E-state index contributed by atoms with van der Waals surface area (Å²) in [7, 11) is 0. The van der Waals surface area contributed by atoms with E-state index in [0.717, 1.165) is 82.7 Å². The molecule has 2 aliphatic rings. The molecule has 0 aromatic heterocycles. The SMILES string of the molecule is O=C(CCCN1CCN(Cc2ccc(F)cc2)CC1)c1ccc2c(c1)CNCCC2. The number of fused-ring (bicyclic) bond motifs is 1. The molecule has 160 valence electrons. The van der Waals surface area contributed by atoms with E-state index in [1.807, 2.05) is 18.2 Å². The number of carbonyl (C=O) groups is 1. The smallest absolute Gasteiger partial charge is 0.162 e. The van der Waals surface area contributed by atoms with Crippen molar-refractivity contribution in [1.29, 1.82) is 0 Å². The number of nitrogens with zero attached hydrogens (tertiary/aromatic N) is 2. The van der Waals surface area contributed by atoms with E-state index in [-0.39, 0.29) is 11.6 Å². The molecule has 1 saturated heterocycles. The van der Waals surface area contributed by atoms with Crippen LogP contribution in [-0.2, 0) is 19.5 Å². The second kappa shape index (κ2) is 10.3. The van der Waals surface area contributed by atoms with E-state index in [2.05, 4.69) is 27.2 Å². The summed E-state index contributed by atoms with van der Waals surface area (Å²) in [6, 6.07) is 13.1. The maximum absolute atomic E-state index is 13.0. The van der Waals surface area contributed by atoms with Gasteiger partial charge in [-0.3, -0.25) is 9.69 Å². The fourth-order valence-corrected chi connectivity index (χ4v) is 4.46. The minimum Gasteiger partial charge on any atom is -0.313 e. The molecular weight excluding hydrogens is 377 g/mol. The van der Waals surface area contributed by atoms with Crippen LogP contribution in [0, 0.1) is 5.82 Å². The first kappa shape index (κ1) is 21.2. The molecule has 1 fully saturated rings. The van der Waals surface area contributed by atoms with Crippen molar-refractivity contribution in [2.75, 3.05) is 39.3 Å². The third kappa shape index (κ3) is 5.75. The Kier molecular flexibility index (Phi) is 7.26. The van der Waals surface area contributed by atoms with Crippen molar-refractivity contribution in [3.63, 3.8) is 0 Å². The fourth-order valence-electron chi connectivity index (χ4n) is 4.46. The minimum absolute atomic E-state index is 0.180. The van der Waals surface area contributed by atoms with Crippen LogP contribution in [0.3, 0.4) is 0 Å². The topological polar surface area (TPSA) is 35.6 Å². The van der Waals surface area contributed by atoms with Crippen molar-refractivity contribution >= 4 is 5.78 Å². The summed E-state index contributed by atoms with van der Waals surface area (Å²) in [5.41, 5.74) is 4.69. The van der Waals surface area contributed by atoms with Gasteiger partial charge >= 0.3 is 0 Å². The van der Waals surface area contributed by atoms with Gasteiger partial charge in [0, 0.05) is 51.3 Å². The number of Topliss-reactive ketones (excluding diaryl/α,β-unsaturated/α-hetero) is 1. The minimum atomic E-state index is -0.180. The lowest BCUT2D eigenvalue weighted by molar-refractivity contribution is 0.0959. The monoisotopic (exact) mass is 409 g/mol. The molecule has 2 aromatic carbocycles. The van der Waals surface area contributed by atoms with Crippen molar-refractivity contribution < 1.29 is 9.18 Å². The van der Waals surface area contributed by atoms with Crippen LogP contribution < -0.4 is 5.32 Å². The van der Waals surface area contributed by atoms with Gasteiger partial charge in [0.15, 0.2) is 5.78 Å². The van der Waals surface area contributed by atoms with Gasteiger partial charge in [-0.05, 0) is 67.2 Å². The average molecular weight is 410 g/mol. The largest absolute Gasteiger partial charge is 0.313 e. The molecular formula is C25H32FN3O. The van der Waals surface area contributed by atoms with Crippen LogP contribution >= 0.6 is 0 Å². The molecule has 0 saturated carbocycles. The molecule has 0 atom stereocenters. The van der Waals surface area contributed by atoms with Crippen molar-refractivity contribution in [3.05, 3.63) is 70.5 Å². The quantitative estimate of drug-likeness (QED) is 0.709. The summed E-state index contributed by atoms with van der Waals surface area (Å²) < 4.78 is 13.0. The number of ketones is 1. The Morgan fingerprint density at radius 3 is 2.53 bits per heavy atom. The Hall–Kier alpha value is -2.08. The Bertz CT molecular complexity index is 844. The highest BCUT2D eigenvalue weighted by molar-refractivity contribution is 5.96. The Labute approximate surface area is 179 Å². The Morgan fingerprint density at radius 2 is 1.73 bits per heavy atom. The number of nitrogens with one attached hydrogen (secondary N) is 1. The zero-order chi connectivity index (χ0) is 20.8. The lowest BCUT2D eigenvalue weighted by Gasteiger charge is -2.34.